The number of hydrogen-bond donors (Lipinski definition) is 5. The van der Waals surface area contributed by atoms with E-state index in [1.165, 1.54) is 6.07 Å². The third-order valence-corrected chi connectivity index (χ3v) is 12.3. The number of phenols is 3. The number of ether oxygens (including phenoxy) is 2. The summed E-state index contributed by atoms with van der Waals surface area (Å²) in [6, 6.07) is 17.5. The molecule has 9 rings (SSSR count). The molecule has 5 aromatic rings. The predicted molar refractivity (Wildman–Crippen MR) is 233 cm³/mol. The van der Waals surface area contributed by atoms with Crippen molar-refractivity contribution in [3.05, 3.63) is 110 Å². The number of carbonyl (C=O) groups excluding carboxylic acids is 2. The molecule has 4 aliphatic heterocycles. The highest BCUT2D eigenvalue weighted by atomic mass is 16.6. The number of hydrazone groups is 1. The number of nitrogens with zero attached hydrogens (tertiary/aromatic N) is 5. The number of benzene rings is 3. The van der Waals surface area contributed by atoms with E-state index >= 15 is 0 Å². The van der Waals surface area contributed by atoms with Crippen molar-refractivity contribution >= 4 is 34.5 Å². The lowest BCUT2D eigenvalue weighted by atomic mass is 9.90. The van der Waals surface area contributed by atoms with E-state index < -0.39 is 24.5 Å². The van der Waals surface area contributed by atoms with E-state index in [0.717, 1.165) is 47.8 Å². The molecule has 1 saturated heterocycles. The monoisotopic (exact) mass is 844 g/mol. The Balaban J connectivity index is 0.00000261. The van der Waals surface area contributed by atoms with Crippen LogP contribution in [0.15, 0.2) is 70.6 Å². The molecule has 0 aliphatic carbocycles. The van der Waals surface area contributed by atoms with Crippen molar-refractivity contribution in [1.29, 1.82) is 0 Å². The minimum absolute atomic E-state index is 0.00118. The summed E-state index contributed by atoms with van der Waals surface area (Å²) in [5.41, 5.74) is 9.46. The van der Waals surface area contributed by atoms with Gasteiger partial charge in [0.05, 0.1) is 34.6 Å². The lowest BCUT2D eigenvalue weighted by Gasteiger charge is -2.33. The van der Waals surface area contributed by atoms with Gasteiger partial charge in [-0.25, -0.2) is 14.6 Å². The van der Waals surface area contributed by atoms with Crippen LogP contribution in [0.4, 0.5) is 10.5 Å². The fraction of sp³-hybridized carbons (Fsp3) is 0.383. The standard InChI is InChI=1S/C45H46N6O9.C2H6/c1-4-28-30-17-27(52)11-12-35(30)46-39-33(28)21-50-36(39)19-31-34(42(50)55)22-59-43(56)40(31)60-45(58)49-15-13-25(14-16-49)6-5-24-7-9-26(10-8-24)51-41(47-48-44(51)57)32-18-29(23(2)3)37(53)20-38(32)54;1-2/h7-12,17-20,23,25,40,44,48,52-54,57H,4-6,13-16,21-22H2,1-3H3;1-2H3. The van der Waals surface area contributed by atoms with Crippen molar-refractivity contribution in [2.45, 2.75) is 98.2 Å². The highest BCUT2D eigenvalue weighted by Gasteiger charge is 2.39. The molecule has 62 heavy (non-hydrogen) atoms. The second-order valence-corrected chi connectivity index (χ2v) is 16.2. The minimum atomic E-state index is -1.39. The van der Waals surface area contributed by atoms with Crippen molar-refractivity contribution in [3.63, 3.8) is 0 Å². The van der Waals surface area contributed by atoms with Crippen molar-refractivity contribution in [2.24, 2.45) is 11.0 Å². The maximum atomic E-state index is 13.9. The first kappa shape index (κ1) is 42.1. The number of nitrogens with one attached hydrogen (secondary N) is 1. The Kier molecular flexibility index (Phi) is 11.6. The van der Waals surface area contributed by atoms with Gasteiger partial charge >= 0.3 is 12.1 Å². The third kappa shape index (κ3) is 7.54. The van der Waals surface area contributed by atoms with Crippen LogP contribution < -0.4 is 15.9 Å². The topological polar surface area (TPSA) is 199 Å². The second-order valence-electron chi connectivity index (χ2n) is 16.2. The van der Waals surface area contributed by atoms with Crippen LogP contribution in [0.5, 0.6) is 17.2 Å². The van der Waals surface area contributed by atoms with Crippen LogP contribution in [-0.4, -0.2) is 72.2 Å². The van der Waals surface area contributed by atoms with Gasteiger partial charge in [0.15, 0.2) is 5.84 Å². The molecule has 2 aromatic heterocycles. The number of pyridine rings is 2. The summed E-state index contributed by atoms with van der Waals surface area (Å²) in [5.74, 6) is -0.0689. The Labute approximate surface area is 358 Å². The van der Waals surface area contributed by atoms with E-state index in [-0.39, 0.29) is 40.9 Å². The molecule has 15 heteroatoms. The second kappa shape index (κ2) is 17.0. The zero-order valence-corrected chi connectivity index (χ0v) is 35.5. The summed E-state index contributed by atoms with van der Waals surface area (Å²) >= 11 is 0. The Morgan fingerprint density at radius 2 is 1.71 bits per heavy atom. The molecule has 6 heterocycles. The van der Waals surface area contributed by atoms with Gasteiger partial charge in [0.2, 0.25) is 12.5 Å². The number of likely N-dealkylation sites (tertiary alicyclic amines) is 1. The minimum Gasteiger partial charge on any atom is -0.508 e. The molecule has 2 atom stereocenters. The van der Waals surface area contributed by atoms with E-state index in [9.17, 15) is 34.8 Å². The van der Waals surface area contributed by atoms with Gasteiger partial charge in [0, 0.05) is 41.4 Å². The Morgan fingerprint density at radius 1 is 0.968 bits per heavy atom. The van der Waals surface area contributed by atoms with Crippen LogP contribution in [0, 0.1) is 5.92 Å². The van der Waals surface area contributed by atoms with Gasteiger partial charge in [0.25, 0.3) is 5.56 Å². The van der Waals surface area contributed by atoms with Crippen molar-refractivity contribution in [2.75, 3.05) is 18.0 Å². The molecule has 0 radical (unpaired) electrons. The molecule has 5 N–H and O–H groups in total. The number of phenolic OH excluding ortho intramolecular Hbond substituents is 3. The number of hydrogen-bond acceptors (Lipinski definition) is 13. The van der Waals surface area contributed by atoms with E-state index in [0.29, 0.717) is 77.1 Å². The average Bonchev–Trinajstić information content (AvgIpc) is 3.84. The van der Waals surface area contributed by atoms with Gasteiger partial charge in [-0.2, -0.15) is 5.10 Å². The quantitative estimate of drug-likeness (QED) is 0.0997. The van der Waals surface area contributed by atoms with Gasteiger partial charge in [0.1, 0.15) is 23.9 Å². The Morgan fingerprint density at radius 3 is 2.42 bits per heavy atom. The number of aryl methyl sites for hydroxylation is 2. The van der Waals surface area contributed by atoms with E-state index in [1.54, 1.807) is 44.7 Å². The molecule has 4 aliphatic rings. The van der Waals surface area contributed by atoms with Crippen molar-refractivity contribution < 1.29 is 39.5 Å². The normalized spacial score (nSPS) is 18.0. The van der Waals surface area contributed by atoms with Gasteiger partial charge in [-0.1, -0.05) is 46.8 Å². The lowest BCUT2D eigenvalue weighted by molar-refractivity contribution is -0.158. The fourth-order valence-corrected chi connectivity index (χ4v) is 9.01. The maximum Gasteiger partial charge on any atom is 0.410 e. The number of aromatic nitrogens is 2. The van der Waals surface area contributed by atoms with Crippen LogP contribution in [0.3, 0.4) is 0 Å². The summed E-state index contributed by atoms with van der Waals surface area (Å²) in [6.07, 6.45) is 0.678. The van der Waals surface area contributed by atoms with E-state index in [2.05, 4.69) is 10.5 Å². The highest BCUT2D eigenvalue weighted by Crippen LogP contribution is 2.40. The maximum absolute atomic E-state index is 13.9. The summed E-state index contributed by atoms with van der Waals surface area (Å²) in [6.45, 7) is 10.9. The van der Waals surface area contributed by atoms with Crippen LogP contribution >= 0.6 is 0 Å². The first-order chi connectivity index (χ1) is 29.9. The van der Waals surface area contributed by atoms with E-state index in [4.69, 9.17) is 14.5 Å². The first-order valence-electron chi connectivity index (χ1n) is 21.4. The van der Waals surface area contributed by atoms with Crippen LogP contribution in [0.2, 0.25) is 0 Å². The predicted octanol–water partition coefficient (Wildman–Crippen LogP) is 6.88. The summed E-state index contributed by atoms with van der Waals surface area (Å²) in [7, 11) is 0. The number of aliphatic hydroxyl groups excluding tert-OH is 1. The first-order valence-corrected chi connectivity index (χ1v) is 21.4. The van der Waals surface area contributed by atoms with Gasteiger partial charge < -0.3 is 39.4 Å². The van der Waals surface area contributed by atoms with Gasteiger partial charge in [-0.05, 0) is 103 Å². The molecular formula is C47H52N6O9. The smallest absolute Gasteiger partial charge is 0.410 e. The fourth-order valence-electron chi connectivity index (χ4n) is 9.01. The molecule has 324 valence electrons. The molecule has 15 nitrogen and oxygen atoms in total. The summed E-state index contributed by atoms with van der Waals surface area (Å²) in [5, 5.41) is 47.0. The number of rotatable bonds is 8. The Bertz CT molecular complexity index is 2650. The number of fused-ring (bicyclic) bond motifs is 5. The molecule has 0 saturated carbocycles. The lowest BCUT2D eigenvalue weighted by Crippen LogP contribution is -2.41. The number of esters is 1. The SMILES string of the molecule is CC.CCc1c2c(nc3ccc(O)cc13)-c1cc3c(c(=O)n1C2)COC(=O)C3OC(=O)N1CCC(CCc2ccc(N3C(c4cc(C(C)C)c(O)cc4O)=NNC3O)cc2)CC1. The number of amides is 1. The molecule has 1 amide bonds. The molecule has 2 unspecified atom stereocenters. The largest absolute Gasteiger partial charge is 0.508 e. The highest BCUT2D eigenvalue weighted by molar-refractivity contribution is 6.12. The third-order valence-electron chi connectivity index (χ3n) is 12.3. The zero-order chi connectivity index (χ0) is 44.0. The van der Waals surface area contributed by atoms with Crippen LogP contribution in [0.1, 0.15) is 105 Å². The van der Waals surface area contributed by atoms with Gasteiger partial charge in [-0.3, -0.25) is 15.1 Å². The molecular weight excluding hydrogens is 793 g/mol. The number of piperidine rings is 1. The molecule has 0 spiro atoms. The number of aromatic hydroxyl groups is 3. The van der Waals surface area contributed by atoms with Crippen LogP contribution in [0.25, 0.3) is 22.3 Å². The molecule has 1 fully saturated rings. The number of anilines is 1. The average molecular weight is 845 g/mol. The number of carbonyl (C=O) groups is 2. The van der Waals surface area contributed by atoms with Crippen molar-refractivity contribution in [3.8, 4) is 28.6 Å². The van der Waals surface area contributed by atoms with Crippen LogP contribution in [-0.2, 0) is 40.3 Å². The Hall–Kier alpha value is -6.61. The number of amidine groups is 1. The van der Waals surface area contributed by atoms with Gasteiger partial charge in [-0.15, -0.1) is 0 Å². The van der Waals surface area contributed by atoms with Crippen molar-refractivity contribution in [1.82, 2.24) is 19.9 Å². The number of cyclic esters (lactones) is 1. The number of aliphatic hydroxyl groups is 1. The summed E-state index contributed by atoms with van der Waals surface area (Å²) < 4.78 is 12.9. The van der Waals surface area contributed by atoms with E-state index in [1.807, 2.05) is 58.9 Å². The zero-order valence-electron chi connectivity index (χ0n) is 35.5. The summed E-state index contributed by atoms with van der Waals surface area (Å²) in [4.78, 5) is 48.7. The molecule has 3 aromatic carbocycles. The molecule has 0 bridgehead atoms.